The molecule has 0 aromatic carbocycles. The lowest BCUT2D eigenvalue weighted by atomic mass is 10.2. The maximum Gasteiger partial charge on any atom is 0.383 e. The summed E-state index contributed by atoms with van der Waals surface area (Å²) in [6.07, 6.45) is -2.95. The Morgan fingerprint density at radius 3 is 2.67 bits per heavy atom. The molecule has 82 valence electrons. The van der Waals surface area contributed by atoms with E-state index >= 15 is 0 Å². The minimum absolute atomic E-state index is 0.221. The van der Waals surface area contributed by atoms with E-state index in [2.05, 4.69) is 4.98 Å². The number of hydrogen-bond donors (Lipinski definition) is 1. The molecule has 1 rings (SSSR count). The molecule has 15 heavy (non-hydrogen) atoms. The fourth-order valence-electron chi connectivity index (χ4n) is 0.950. The van der Waals surface area contributed by atoms with Gasteiger partial charge in [0.1, 0.15) is 11.6 Å². The molecule has 1 N–H and O–H groups in total. The Kier molecular flexibility index (Phi) is 3.48. The zero-order chi connectivity index (χ0) is 11.6. The predicted octanol–water partition coefficient (Wildman–Crippen LogP) is 2.07. The van der Waals surface area contributed by atoms with Crippen molar-refractivity contribution in [2.75, 3.05) is 0 Å². The highest BCUT2D eigenvalue weighted by Gasteiger charge is 2.25. The van der Waals surface area contributed by atoms with Crippen LogP contribution in [-0.2, 0) is 6.61 Å². The van der Waals surface area contributed by atoms with Gasteiger partial charge in [0, 0.05) is 5.56 Å². The van der Waals surface area contributed by atoms with Gasteiger partial charge >= 0.3 is 5.82 Å². The zero-order valence-electron chi connectivity index (χ0n) is 7.15. The van der Waals surface area contributed by atoms with E-state index in [1.807, 2.05) is 0 Å². The molecule has 1 aromatic rings. The van der Waals surface area contributed by atoms with Gasteiger partial charge in [0.15, 0.2) is 5.69 Å². The Morgan fingerprint density at radius 2 is 2.27 bits per heavy atom. The van der Waals surface area contributed by atoms with E-state index in [1.165, 1.54) is 0 Å². The van der Waals surface area contributed by atoms with Crippen molar-refractivity contribution in [2.45, 2.75) is 13.0 Å². The predicted molar refractivity (Wildman–Crippen MR) is 46.8 cm³/mol. The second kappa shape index (κ2) is 4.45. The summed E-state index contributed by atoms with van der Waals surface area (Å²) in [7, 11) is 0. The van der Waals surface area contributed by atoms with Gasteiger partial charge in [-0.05, 0) is 16.0 Å². The van der Waals surface area contributed by atoms with E-state index in [4.69, 9.17) is 16.7 Å². The Hall–Kier alpha value is -1.34. The van der Waals surface area contributed by atoms with Crippen LogP contribution in [0.2, 0.25) is 5.02 Å². The third-order valence-electron chi connectivity index (χ3n) is 1.59. The molecular formula is C7H5ClF2N2O3. The van der Waals surface area contributed by atoms with Crippen LogP contribution in [0.1, 0.15) is 17.7 Å². The fourth-order valence-corrected chi connectivity index (χ4v) is 1.20. The lowest BCUT2D eigenvalue weighted by Crippen LogP contribution is -2.01. The van der Waals surface area contributed by atoms with E-state index in [1.54, 1.807) is 0 Å². The molecular weight excluding hydrogens is 234 g/mol. The van der Waals surface area contributed by atoms with Crippen molar-refractivity contribution >= 4 is 17.4 Å². The molecule has 0 amide bonds. The van der Waals surface area contributed by atoms with Gasteiger partial charge in [0.25, 0.3) is 6.43 Å². The average Bonchev–Trinajstić information content (AvgIpc) is 2.17. The molecule has 0 aliphatic carbocycles. The Labute approximate surface area is 87.5 Å². The lowest BCUT2D eigenvalue weighted by Gasteiger charge is -2.03. The van der Waals surface area contributed by atoms with Gasteiger partial charge in [-0.25, -0.2) is 8.78 Å². The molecule has 0 saturated carbocycles. The molecule has 1 heterocycles. The average molecular weight is 239 g/mol. The number of nitro groups is 1. The van der Waals surface area contributed by atoms with Crippen LogP contribution in [0.3, 0.4) is 0 Å². The SMILES string of the molecule is O=[N+]([O-])c1nc(CO)cc(C(F)F)c1Cl. The van der Waals surface area contributed by atoms with Crippen LogP contribution < -0.4 is 0 Å². The van der Waals surface area contributed by atoms with Gasteiger partial charge in [-0.15, -0.1) is 0 Å². The highest BCUT2D eigenvalue weighted by atomic mass is 35.5. The maximum absolute atomic E-state index is 12.4. The highest BCUT2D eigenvalue weighted by molar-refractivity contribution is 6.33. The van der Waals surface area contributed by atoms with E-state index in [9.17, 15) is 18.9 Å². The van der Waals surface area contributed by atoms with Crippen LogP contribution in [0.25, 0.3) is 0 Å². The molecule has 0 atom stereocenters. The summed E-state index contributed by atoms with van der Waals surface area (Å²) in [5.74, 6) is -0.876. The second-order valence-corrected chi connectivity index (χ2v) is 2.93. The summed E-state index contributed by atoms with van der Waals surface area (Å²) in [6, 6.07) is 0.833. The summed E-state index contributed by atoms with van der Waals surface area (Å²) in [4.78, 5) is 12.7. The zero-order valence-corrected chi connectivity index (χ0v) is 7.91. The van der Waals surface area contributed by atoms with E-state index < -0.39 is 34.4 Å². The first-order valence-electron chi connectivity index (χ1n) is 3.70. The molecule has 0 aliphatic rings. The van der Waals surface area contributed by atoms with E-state index in [0.29, 0.717) is 0 Å². The van der Waals surface area contributed by atoms with Crippen molar-refractivity contribution in [1.82, 2.24) is 4.98 Å². The number of alkyl halides is 2. The molecule has 0 unspecified atom stereocenters. The standard InChI is InChI=1S/C7H5ClF2N2O3/c8-5-4(6(9)10)1-3(2-13)11-7(5)12(14)15/h1,6,13H,2H2. The molecule has 1 aromatic heterocycles. The number of pyridine rings is 1. The van der Waals surface area contributed by atoms with Crippen molar-refractivity contribution in [3.8, 4) is 0 Å². The van der Waals surface area contributed by atoms with Crippen LogP contribution in [-0.4, -0.2) is 15.0 Å². The smallest absolute Gasteiger partial charge is 0.383 e. The van der Waals surface area contributed by atoms with Gasteiger partial charge in [-0.2, -0.15) is 0 Å². The van der Waals surface area contributed by atoms with Crippen LogP contribution in [0.5, 0.6) is 0 Å². The summed E-state index contributed by atoms with van der Waals surface area (Å²) in [6.45, 7) is -0.669. The Bertz CT molecular complexity index is 400. The number of nitrogens with zero attached hydrogens (tertiary/aromatic N) is 2. The van der Waals surface area contributed by atoms with Crippen molar-refractivity contribution < 1.29 is 18.8 Å². The van der Waals surface area contributed by atoms with E-state index in [-0.39, 0.29) is 5.69 Å². The summed E-state index contributed by atoms with van der Waals surface area (Å²) in [5.41, 5.74) is -0.927. The van der Waals surface area contributed by atoms with Gasteiger partial charge < -0.3 is 15.2 Å². The largest absolute Gasteiger partial charge is 0.388 e. The first-order valence-corrected chi connectivity index (χ1v) is 4.08. The van der Waals surface area contributed by atoms with Crippen LogP contribution in [0.4, 0.5) is 14.6 Å². The quantitative estimate of drug-likeness (QED) is 0.646. The molecule has 0 aliphatic heterocycles. The van der Waals surface area contributed by atoms with Crippen LogP contribution in [0, 0.1) is 10.1 Å². The summed E-state index contributed by atoms with van der Waals surface area (Å²) in [5, 5.41) is 18.4. The van der Waals surface area contributed by atoms with Gasteiger partial charge in [-0.1, -0.05) is 11.6 Å². The molecule has 0 bridgehead atoms. The Morgan fingerprint density at radius 1 is 1.67 bits per heavy atom. The fraction of sp³-hybridized carbons (Fsp3) is 0.286. The third-order valence-corrected chi connectivity index (χ3v) is 1.98. The maximum atomic E-state index is 12.4. The molecule has 5 nitrogen and oxygen atoms in total. The van der Waals surface area contributed by atoms with E-state index in [0.717, 1.165) is 6.07 Å². The minimum atomic E-state index is -2.95. The van der Waals surface area contributed by atoms with Gasteiger partial charge in [0.05, 0.1) is 0 Å². The van der Waals surface area contributed by atoms with Crippen LogP contribution >= 0.6 is 11.6 Å². The normalized spacial score (nSPS) is 10.7. The van der Waals surface area contributed by atoms with Gasteiger partial charge in [-0.3, -0.25) is 0 Å². The number of aliphatic hydroxyl groups excluding tert-OH is 1. The van der Waals surface area contributed by atoms with Crippen LogP contribution in [0.15, 0.2) is 6.07 Å². The summed E-state index contributed by atoms with van der Waals surface area (Å²) >= 11 is 5.36. The minimum Gasteiger partial charge on any atom is -0.388 e. The third kappa shape index (κ3) is 2.37. The molecule has 0 spiro atoms. The first kappa shape index (κ1) is 11.7. The lowest BCUT2D eigenvalue weighted by molar-refractivity contribution is -0.389. The van der Waals surface area contributed by atoms with Gasteiger partial charge in [0.2, 0.25) is 0 Å². The van der Waals surface area contributed by atoms with Crippen molar-refractivity contribution in [1.29, 1.82) is 0 Å². The monoisotopic (exact) mass is 238 g/mol. The topological polar surface area (TPSA) is 76.3 Å². The second-order valence-electron chi connectivity index (χ2n) is 2.56. The van der Waals surface area contributed by atoms with Crippen molar-refractivity contribution in [3.63, 3.8) is 0 Å². The number of halogens is 3. The number of hydrogen-bond acceptors (Lipinski definition) is 4. The van der Waals surface area contributed by atoms with Crippen molar-refractivity contribution in [2.24, 2.45) is 0 Å². The molecule has 0 radical (unpaired) electrons. The molecule has 8 heteroatoms. The van der Waals surface area contributed by atoms with Crippen molar-refractivity contribution in [3.05, 3.63) is 32.5 Å². The Balaban J connectivity index is 3.40. The summed E-state index contributed by atoms with van der Waals surface area (Å²) < 4.78 is 24.7. The molecule has 0 saturated heterocycles. The highest BCUT2D eigenvalue weighted by Crippen LogP contribution is 2.33. The number of rotatable bonds is 3. The number of aliphatic hydroxyl groups is 1. The number of aromatic nitrogens is 1. The first-order chi connectivity index (χ1) is 6.97. The molecule has 0 fully saturated rings.